The van der Waals surface area contributed by atoms with Crippen LogP contribution < -0.4 is 4.31 Å². The molecule has 3 rings (SSSR count). The lowest BCUT2D eigenvalue weighted by Gasteiger charge is -2.27. The topological polar surface area (TPSA) is 43.4 Å². The summed E-state index contributed by atoms with van der Waals surface area (Å²) in [6.45, 7) is 0. The zero-order valence-electron chi connectivity index (χ0n) is 9.51. The van der Waals surface area contributed by atoms with Gasteiger partial charge in [-0.25, -0.2) is 0 Å². The standard InChI is InChI=1S/C13H12BrNO2S/c14-12-7-8-13(11-4-2-1-3-10(11)12)15(18(16)17)9-5-6-9/h1-4,7-9H,5-6H2,(H,16,17)/p-1. The van der Waals surface area contributed by atoms with Crippen molar-refractivity contribution in [2.45, 2.75) is 18.9 Å². The predicted molar refractivity (Wildman–Crippen MR) is 76.1 cm³/mol. The van der Waals surface area contributed by atoms with Crippen LogP contribution in [-0.4, -0.2) is 14.8 Å². The Morgan fingerprint density at radius 3 is 2.44 bits per heavy atom. The van der Waals surface area contributed by atoms with Gasteiger partial charge in [0, 0.05) is 27.2 Å². The minimum atomic E-state index is -2.22. The normalized spacial score (nSPS) is 16.8. The average molecular weight is 325 g/mol. The smallest absolute Gasteiger partial charge is 0.0564 e. The van der Waals surface area contributed by atoms with Crippen LogP contribution in [0.4, 0.5) is 5.69 Å². The zero-order valence-corrected chi connectivity index (χ0v) is 11.9. The monoisotopic (exact) mass is 324 g/mol. The van der Waals surface area contributed by atoms with Crippen LogP contribution in [0.25, 0.3) is 10.8 Å². The summed E-state index contributed by atoms with van der Waals surface area (Å²) < 4.78 is 25.3. The maximum Gasteiger partial charge on any atom is 0.0564 e. The van der Waals surface area contributed by atoms with Gasteiger partial charge in [0.05, 0.1) is 5.69 Å². The molecule has 0 N–H and O–H groups in total. The van der Waals surface area contributed by atoms with Gasteiger partial charge in [0.1, 0.15) is 0 Å². The molecule has 1 atom stereocenters. The molecule has 0 spiro atoms. The molecule has 0 aliphatic heterocycles. The molecule has 1 aliphatic rings. The van der Waals surface area contributed by atoms with Crippen molar-refractivity contribution in [1.29, 1.82) is 0 Å². The minimum Gasteiger partial charge on any atom is -0.755 e. The van der Waals surface area contributed by atoms with Gasteiger partial charge in [0.25, 0.3) is 0 Å². The molecule has 0 amide bonds. The van der Waals surface area contributed by atoms with Crippen molar-refractivity contribution in [1.82, 2.24) is 0 Å². The van der Waals surface area contributed by atoms with Gasteiger partial charge in [-0.05, 0) is 30.4 Å². The largest absolute Gasteiger partial charge is 0.755 e. The van der Waals surface area contributed by atoms with E-state index in [2.05, 4.69) is 15.9 Å². The van der Waals surface area contributed by atoms with E-state index in [-0.39, 0.29) is 6.04 Å². The van der Waals surface area contributed by atoms with Crippen molar-refractivity contribution in [2.75, 3.05) is 4.31 Å². The third-order valence-electron chi connectivity index (χ3n) is 3.12. The Labute approximate surface area is 116 Å². The Kier molecular flexibility index (Phi) is 3.13. The van der Waals surface area contributed by atoms with Gasteiger partial charge >= 0.3 is 0 Å². The molecule has 18 heavy (non-hydrogen) atoms. The molecule has 1 fully saturated rings. The molecular formula is C13H11BrNO2S-. The molecule has 1 aliphatic carbocycles. The van der Waals surface area contributed by atoms with Crippen LogP contribution in [0.15, 0.2) is 40.9 Å². The third kappa shape index (κ3) is 2.06. The number of hydrogen-bond donors (Lipinski definition) is 0. The number of halogens is 1. The van der Waals surface area contributed by atoms with Crippen LogP contribution in [0.2, 0.25) is 0 Å². The highest BCUT2D eigenvalue weighted by atomic mass is 79.9. The van der Waals surface area contributed by atoms with Crippen molar-refractivity contribution in [3.8, 4) is 0 Å². The van der Waals surface area contributed by atoms with Gasteiger partial charge in [-0.3, -0.25) is 8.51 Å². The van der Waals surface area contributed by atoms with E-state index in [4.69, 9.17) is 0 Å². The van der Waals surface area contributed by atoms with Gasteiger partial charge in [-0.1, -0.05) is 40.2 Å². The lowest BCUT2D eigenvalue weighted by Crippen LogP contribution is -2.27. The second-order valence-electron chi connectivity index (χ2n) is 4.39. The fraction of sp³-hybridized carbons (Fsp3) is 0.231. The molecule has 1 unspecified atom stereocenters. The Balaban J connectivity index is 2.22. The van der Waals surface area contributed by atoms with Crippen molar-refractivity contribution in [3.05, 3.63) is 40.9 Å². The summed E-state index contributed by atoms with van der Waals surface area (Å²) in [4.78, 5) is 0. The van der Waals surface area contributed by atoms with E-state index in [0.29, 0.717) is 0 Å². The maximum atomic E-state index is 11.4. The second kappa shape index (κ2) is 4.64. The van der Waals surface area contributed by atoms with E-state index >= 15 is 0 Å². The molecule has 0 aromatic heterocycles. The Hall–Kier alpha value is -0.910. The Bertz CT molecular complexity index is 627. The quantitative estimate of drug-likeness (QED) is 0.812. The SMILES string of the molecule is O=S([O-])N(c1ccc(Br)c2ccccc12)C1CC1. The first-order valence-corrected chi connectivity index (χ1v) is 7.57. The Morgan fingerprint density at radius 1 is 1.17 bits per heavy atom. The number of nitrogens with zero attached hydrogens (tertiary/aromatic N) is 1. The minimum absolute atomic E-state index is 0.132. The highest BCUT2D eigenvalue weighted by Gasteiger charge is 2.31. The van der Waals surface area contributed by atoms with Gasteiger partial charge in [0.15, 0.2) is 0 Å². The molecular weight excluding hydrogens is 314 g/mol. The molecule has 1 saturated carbocycles. The summed E-state index contributed by atoms with van der Waals surface area (Å²) in [6.07, 6.45) is 1.89. The van der Waals surface area contributed by atoms with E-state index in [1.165, 1.54) is 4.31 Å². The summed E-state index contributed by atoms with van der Waals surface area (Å²) >= 11 is 1.28. The van der Waals surface area contributed by atoms with Gasteiger partial charge in [-0.15, -0.1) is 0 Å². The summed E-state index contributed by atoms with van der Waals surface area (Å²) in [5, 5.41) is 1.99. The van der Waals surface area contributed by atoms with Crippen LogP contribution in [0.5, 0.6) is 0 Å². The van der Waals surface area contributed by atoms with Crippen LogP contribution in [0.1, 0.15) is 12.8 Å². The van der Waals surface area contributed by atoms with Crippen LogP contribution >= 0.6 is 15.9 Å². The van der Waals surface area contributed by atoms with Gasteiger partial charge in [0.2, 0.25) is 0 Å². The molecule has 0 radical (unpaired) electrons. The van der Waals surface area contributed by atoms with Crippen molar-refractivity contribution >= 4 is 43.7 Å². The molecule has 94 valence electrons. The summed E-state index contributed by atoms with van der Waals surface area (Å²) in [5.41, 5.74) is 0.768. The molecule has 2 aromatic carbocycles. The van der Waals surface area contributed by atoms with Crippen molar-refractivity contribution in [3.63, 3.8) is 0 Å². The third-order valence-corrected chi connectivity index (χ3v) is 4.63. The van der Waals surface area contributed by atoms with E-state index in [0.717, 1.165) is 33.8 Å². The lowest BCUT2D eigenvalue weighted by molar-refractivity contribution is 0.531. The van der Waals surface area contributed by atoms with E-state index in [9.17, 15) is 8.76 Å². The molecule has 5 heteroatoms. The maximum absolute atomic E-state index is 11.4. The first-order valence-electron chi connectivity index (χ1n) is 5.74. The van der Waals surface area contributed by atoms with Gasteiger partial charge in [-0.2, -0.15) is 0 Å². The summed E-state index contributed by atoms with van der Waals surface area (Å²) in [7, 11) is 0. The highest BCUT2D eigenvalue weighted by molar-refractivity contribution is 9.10. The summed E-state index contributed by atoms with van der Waals surface area (Å²) in [6, 6.07) is 11.7. The van der Waals surface area contributed by atoms with Crippen LogP contribution in [0.3, 0.4) is 0 Å². The van der Waals surface area contributed by atoms with E-state index in [1.807, 2.05) is 36.4 Å². The zero-order chi connectivity index (χ0) is 12.7. The average Bonchev–Trinajstić information content (AvgIpc) is 3.17. The molecule has 2 aromatic rings. The first kappa shape index (κ1) is 12.1. The number of anilines is 1. The first-order chi connectivity index (χ1) is 8.68. The number of rotatable bonds is 3. The highest BCUT2D eigenvalue weighted by Crippen LogP contribution is 2.38. The van der Waals surface area contributed by atoms with Gasteiger partial charge < -0.3 is 4.55 Å². The Morgan fingerprint density at radius 2 is 1.83 bits per heavy atom. The molecule has 0 heterocycles. The van der Waals surface area contributed by atoms with Crippen molar-refractivity contribution < 1.29 is 8.76 Å². The molecule has 0 bridgehead atoms. The van der Waals surface area contributed by atoms with Crippen LogP contribution in [-0.2, 0) is 11.3 Å². The second-order valence-corrected chi connectivity index (χ2v) is 6.07. The number of fused-ring (bicyclic) bond motifs is 1. The lowest BCUT2D eigenvalue weighted by atomic mass is 10.1. The van der Waals surface area contributed by atoms with Crippen molar-refractivity contribution in [2.24, 2.45) is 0 Å². The molecule has 3 nitrogen and oxygen atoms in total. The van der Waals surface area contributed by atoms with Crippen LogP contribution in [0, 0.1) is 0 Å². The fourth-order valence-electron chi connectivity index (χ4n) is 2.15. The summed E-state index contributed by atoms with van der Waals surface area (Å²) in [5.74, 6) is 0. The number of benzene rings is 2. The fourth-order valence-corrected chi connectivity index (χ4v) is 3.40. The van der Waals surface area contributed by atoms with E-state index < -0.39 is 11.3 Å². The molecule has 0 saturated heterocycles. The number of hydrogen-bond acceptors (Lipinski definition) is 2. The van der Waals surface area contributed by atoms with E-state index in [1.54, 1.807) is 0 Å². The predicted octanol–water partition coefficient (Wildman–Crippen LogP) is 3.37.